The van der Waals surface area contributed by atoms with Gasteiger partial charge in [-0.15, -0.1) is 11.6 Å². The van der Waals surface area contributed by atoms with Gasteiger partial charge in [-0.3, -0.25) is 4.79 Å². The van der Waals surface area contributed by atoms with Crippen LogP contribution in [-0.4, -0.2) is 17.3 Å². The summed E-state index contributed by atoms with van der Waals surface area (Å²) in [6, 6.07) is 4.35. The molecule has 0 heterocycles. The average Bonchev–Trinajstić information content (AvgIpc) is 2.15. The van der Waals surface area contributed by atoms with Gasteiger partial charge in [0.2, 0.25) is 0 Å². The van der Waals surface area contributed by atoms with Gasteiger partial charge < -0.3 is 5.32 Å². The highest BCUT2D eigenvalue weighted by Crippen LogP contribution is 2.17. The lowest BCUT2D eigenvalue weighted by Gasteiger charge is -2.25. The number of hydrogen-bond acceptors (Lipinski definition) is 1. The Morgan fingerprint density at radius 2 is 2.18 bits per heavy atom. The number of hydrogen-bond donors (Lipinski definition) is 1. The second-order valence-corrected chi connectivity index (χ2v) is 5.69. The summed E-state index contributed by atoms with van der Waals surface area (Å²) in [5, 5.41) is 2.76. The molecule has 0 fully saturated rings. The third-order valence-electron chi connectivity index (χ3n) is 2.35. The maximum absolute atomic E-state index is 13.5. The molecule has 1 amide bonds. The average molecular weight is 323 g/mol. The van der Waals surface area contributed by atoms with E-state index in [1.165, 1.54) is 12.1 Å². The maximum Gasteiger partial charge on any atom is 0.254 e. The summed E-state index contributed by atoms with van der Waals surface area (Å²) in [5.74, 6) is -0.528. The monoisotopic (exact) mass is 321 g/mol. The Morgan fingerprint density at radius 3 is 2.71 bits per heavy atom. The summed E-state index contributed by atoms with van der Waals surface area (Å²) in [7, 11) is 0. The van der Waals surface area contributed by atoms with E-state index in [1.54, 1.807) is 6.07 Å². The third kappa shape index (κ3) is 4.28. The molecular formula is C12H14BrClFNO. The van der Waals surface area contributed by atoms with Crippen molar-refractivity contribution in [2.24, 2.45) is 0 Å². The van der Waals surface area contributed by atoms with Gasteiger partial charge in [0.1, 0.15) is 5.82 Å². The van der Waals surface area contributed by atoms with E-state index in [4.69, 9.17) is 11.6 Å². The van der Waals surface area contributed by atoms with Crippen molar-refractivity contribution < 1.29 is 9.18 Å². The van der Waals surface area contributed by atoms with Crippen LogP contribution < -0.4 is 5.32 Å². The van der Waals surface area contributed by atoms with E-state index in [1.807, 2.05) is 13.8 Å². The van der Waals surface area contributed by atoms with Crippen molar-refractivity contribution in [2.75, 3.05) is 5.88 Å². The van der Waals surface area contributed by atoms with Crippen LogP contribution in [0.2, 0.25) is 0 Å². The first-order valence-corrected chi connectivity index (χ1v) is 6.52. The molecule has 0 aliphatic heterocycles. The SMILES string of the molecule is CC(C)(CCCl)NC(=O)c1ccc(Br)cc1F. The van der Waals surface area contributed by atoms with Crippen molar-refractivity contribution in [2.45, 2.75) is 25.8 Å². The van der Waals surface area contributed by atoms with Crippen LogP contribution in [0, 0.1) is 5.82 Å². The van der Waals surface area contributed by atoms with Gasteiger partial charge in [-0.05, 0) is 38.5 Å². The molecule has 0 atom stereocenters. The lowest BCUT2D eigenvalue weighted by atomic mass is 10.0. The number of benzene rings is 1. The molecule has 1 aromatic carbocycles. The fraction of sp³-hybridized carbons (Fsp3) is 0.417. The van der Waals surface area contributed by atoms with Gasteiger partial charge >= 0.3 is 0 Å². The van der Waals surface area contributed by atoms with Crippen LogP contribution in [0.4, 0.5) is 4.39 Å². The Kier molecular flexibility index (Phi) is 4.95. The van der Waals surface area contributed by atoms with Crippen LogP contribution in [-0.2, 0) is 0 Å². The molecule has 17 heavy (non-hydrogen) atoms. The molecule has 0 saturated carbocycles. The fourth-order valence-corrected chi connectivity index (χ4v) is 2.15. The minimum atomic E-state index is -0.543. The topological polar surface area (TPSA) is 29.1 Å². The van der Waals surface area contributed by atoms with E-state index in [0.717, 1.165) is 0 Å². The van der Waals surface area contributed by atoms with Crippen molar-refractivity contribution in [1.82, 2.24) is 5.32 Å². The first-order chi connectivity index (χ1) is 7.85. The van der Waals surface area contributed by atoms with Crippen LogP contribution in [0.3, 0.4) is 0 Å². The summed E-state index contributed by atoms with van der Waals surface area (Å²) in [6.45, 7) is 3.70. The Hall–Kier alpha value is -0.610. The first-order valence-electron chi connectivity index (χ1n) is 5.19. The van der Waals surface area contributed by atoms with E-state index < -0.39 is 17.3 Å². The zero-order valence-corrected chi connectivity index (χ0v) is 12.0. The highest BCUT2D eigenvalue weighted by molar-refractivity contribution is 9.10. The van der Waals surface area contributed by atoms with Crippen LogP contribution >= 0.6 is 27.5 Å². The number of halogens is 3. The number of carbonyl (C=O) groups excluding carboxylic acids is 1. The number of rotatable bonds is 4. The summed E-state index contributed by atoms with van der Waals surface area (Å²) >= 11 is 8.78. The van der Waals surface area contributed by atoms with Crippen molar-refractivity contribution in [3.63, 3.8) is 0 Å². The normalized spacial score (nSPS) is 11.4. The lowest BCUT2D eigenvalue weighted by molar-refractivity contribution is 0.0907. The summed E-state index contributed by atoms with van der Waals surface area (Å²) in [4.78, 5) is 11.9. The van der Waals surface area contributed by atoms with Gasteiger partial charge in [0.05, 0.1) is 5.56 Å². The number of amides is 1. The molecule has 0 bridgehead atoms. The van der Waals surface area contributed by atoms with Crippen LogP contribution in [0.15, 0.2) is 22.7 Å². The first kappa shape index (κ1) is 14.5. The zero-order chi connectivity index (χ0) is 13.1. The van der Waals surface area contributed by atoms with Crippen molar-refractivity contribution in [3.8, 4) is 0 Å². The van der Waals surface area contributed by atoms with Gasteiger partial charge in [-0.1, -0.05) is 15.9 Å². The van der Waals surface area contributed by atoms with E-state index in [0.29, 0.717) is 16.8 Å². The van der Waals surface area contributed by atoms with Crippen LogP contribution in [0.25, 0.3) is 0 Å². The summed E-state index contributed by atoms with van der Waals surface area (Å²) in [5.41, 5.74) is -0.408. The van der Waals surface area contributed by atoms with Crippen LogP contribution in [0.5, 0.6) is 0 Å². The Morgan fingerprint density at radius 1 is 1.53 bits per heavy atom. The summed E-state index contributed by atoms with van der Waals surface area (Å²) < 4.78 is 14.1. The van der Waals surface area contributed by atoms with E-state index in [-0.39, 0.29) is 5.56 Å². The van der Waals surface area contributed by atoms with Crippen molar-refractivity contribution >= 4 is 33.4 Å². The molecule has 0 radical (unpaired) electrons. The molecule has 0 aliphatic rings. The Labute approximate surface area is 114 Å². The van der Waals surface area contributed by atoms with Gasteiger partial charge in [0, 0.05) is 15.9 Å². The minimum absolute atomic E-state index is 0.0378. The molecular weight excluding hydrogens is 308 g/mol. The fourth-order valence-electron chi connectivity index (χ4n) is 1.35. The maximum atomic E-state index is 13.5. The quantitative estimate of drug-likeness (QED) is 0.841. The molecule has 5 heteroatoms. The molecule has 1 N–H and O–H groups in total. The molecule has 94 valence electrons. The molecule has 0 spiro atoms. The molecule has 0 saturated heterocycles. The lowest BCUT2D eigenvalue weighted by Crippen LogP contribution is -2.44. The van der Waals surface area contributed by atoms with Gasteiger partial charge in [-0.25, -0.2) is 4.39 Å². The highest BCUT2D eigenvalue weighted by atomic mass is 79.9. The summed E-state index contributed by atoms with van der Waals surface area (Å²) in [6.07, 6.45) is 0.623. The molecule has 0 aromatic heterocycles. The molecule has 0 unspecified atom stereocenters. The van der Waals surface area contributed by atoms with Gasteiger partial charge in [-0.2, -0.15) is 0 Å². The second kappa shape index (κ2) is 5.83. The predicted octanol–water partition coefficient (Wildman–Crippen LogP) is 3.73. The zero-order valence-electron chi connectivity index (χ0n) is 9.69. The minimum Gasteiger partial charge on any atom is -0.347 e. The Bertz CT molecular complexity index is 423. The van der Waals surface area contributed by atoms with Crippen LogP contribution in [0.1, 0.15) is 30.6 Å². The smallest absolute Gasteiger partial charge is 0.254 e. The largest absolute Gasteiger partial charge is 0.347 e. The molecule has 1 aromatic rings. The van der Waals surface area contributed by atoms with E-state index >= 15 is 0 Å². The highest BCUT2D eigenvalue weighted by Gasteiger charge is 2.22. The van der Waals surface area contributed by atoms with Crippen molar-refractivity contribution in [1.29, 1.82) is 0 Å². The molecule has 0 aliphatic carbocycles. The van der Waals surface area contributed by atoms with Crippen molar-refractivity contribution in [3.05, 3.63) is 34.1 Å². The molecule has 1 rings (SSSR count). The number of alkyl halides is 1. The second-order valence-electron chi connectivity index (χ2n) is 4.40. The standard InChI is InChI=1S/C12H14BrClFNO/c1-12(2,5-6-14)16-11(17)9-4-3-8(13)7-10(9)15/h3-4,7H,5-6H2,1-2H3,(H,16,17). The molecule has 2 nitrogen and oxygen atoms in total. The predicted molar refractivity (Wildman–Crippen MR) is 71.0 cm³/mol. The third-order valence-corrected chi connectivity index (χ3v) is 3.03. The van der Waals surface area contributed by atoms with Gasteiger partial charge in [0.25, 0.3) is 5.91 Å². The number of nitrogens with one attached hydrogen (secondary N) is 1. The van der Waals surface area contributed by atoms with E-state index in [2.05, 4.69) is 21.2 Å². The van der Waals surface area contributed by atoms with E-state index in [9.17, 15) is 9.18 Å². The van der Waals surface area contributed by atoms with Gasteiger partial charge in [0.15, 0.2) is 0 Å². The Balaban J connectivity index is 2.83. The number of carbonyl (C=O) groups is 1.